The summed E-state index contributed by atoms with van der Waals surface area (Å²) in [7, 11) is 0. The molecule has 32 nitrogen and oxygen atoms in total. The van der Waals surface area contributed by atoms with Crippen LogP contribution in [0.5, 0.6) is 5.75 Å². The maximum atomic E-state index is 14.0. The highest BCUT2D eigenvalue weighted by Gasteiger charge is 2.64. The third-order valence-electron chi connectivity index (χ3n) is 13.9. The standard InChI is InChI=1S/C52H68O32/c1-21(56)71-18-30-35(63)43(79-48-39(67)37(65)33(61)27(15-53)75-48)41(69)50(77-30)80-44-42(74-23(3)58)31(19-72-22(2)57)78-51(45(44)81-49-40(68)38(66)34(62)28(16-54)76-49)84-52(20-73-32(60)14-11-24-9-12-26(59)13-10-24)46(36(64)29(17-55)83-52)82-47(70)25-7-5-4-6-8-25/h4-14,27-31,33-46,48-51,53-55,59,61-69H,15-20H2,1-3H3/b14-11+/t27-,28-,29-,30-,31-,33-,34-,35-,36-,37+,38+,39-,40-,41-,42-,43+,44+,45-,46+,48-,49+,50-,51-,52+/m1/s1. The zero-order chi connectivity index (χ0) is 61.3. The number of phenols is 1. The maximum Gasteiger partial charge on any atom is 0.338 e. The molecule has 468 valence electrons. The van der Waals surface area contributed by atoms with Crippen LogP contribution in [-0.2, 0) is 85.5 Å². The van der Waals surface area contributed by atoms with Crippen LogP contribution in [0.2, 0.25) is 0 Å². The van der Waals surface area contributed by atoms with Gasteiger partial charge in [-0.1, -0.05) is 30.3 Å². The van der Waals surface area contributed by atoms with Crippen LogP contribution in [0.4, 0.5) is 0 Å². The van der Waals surface area contributed by atoms with Gasteiger partial charge in [0.1, 0.15) is 129 Å². The molecule has 13 N–H and O–H groups in total. The molecule has 0 radical (unpaired) electrons. The molecular formula is C52H68O32. The van der Waals surface area contributed by atoms with Gasteiger partial charge in [-0.2, -0.15) is 0 Å². The van der Waals surface area contributed by atoms with E-state index in [0.717, 1.165) is 26.8 Å². The molecule has 0 aliphatic carbocycles. The molecule has 2 aromatic carbocycles. The van der Waals surface area contributed by atoms with Crippen LogP contribution in [0, 0.1) is 0 Å². The van der Waals surface area contributed by atoms with Crippen LogP contribution in [0.25, 0.3) is 6.08 Å². The van der Waals surface area contributed by atoms with Crippen LogP contribution in [0.3, 0.4) is 0 Å². The summed E-state index contributed by atoms with van der Waals surface area (Å²) in [6.45, 7) is -3.32. The van der Waals surface area contributed by atoms with Crippen molar-refractivity contribution in [1.82, 2.24) is 0 Å². The predicted octanol–water partition coefficient (Wildman–Crippen LogP) is -6.38. The van der Waals surface area contributed by atoms with Crippen molar-refractivity contribution in [3.8, 4) is 5.75 Å². The number of carbonyl (C=O) groups is 5. The average Bonchev–Trinajstić information content (AvgIpc) is 2.59. The van der Waals surface area contributed by atoms with Gasteiger partial charge >= 0.3 is 29.8 Å². The Bertz CT molecular complexity index is 2520. The van der Waals surface area contributed by atoms with Gasteiger partial charge in [0.05, 0.1) is 25.4 Å². The van der Waals surface area contributed by atoms with E-state index in [4.69, 9.17) is 66.3 Å². The molecule has 5 fully saturated rings. The van der Waals surface area contributed by atoms with Gasteiger partial charge in [-0.15, -0.1) is 0 Å². The van der Waals surface area contributed by atoms with Crippen LogP contribution in [0.1, 0.15) is 36.7 Å². The molecule has 0 bridgehead atoms. The molecule has 5 aliphatic heterocycles. The molecule has 5 saturated heterocycles. The van der Waals surface area contributed by atoms with E-state index in [2.05, 4.69) is 0 Å². The topological polar surface area (TPSA) is 478 Å². The van der Waals surface area contributed by atoms with Crippen molar-refractivity contribution >= 4 is 35.9 Å². The van der Waals surface area contributed by atoms with Crippen molar-refractivity contribution in [2.45, 2.75) is 168 Å². The number of carbonyl (C=O) groups excluding carboxylic acids is 5. The first-order valence-corrected chi connectivity index (χ1v) is 26.1. The lowest BCUT2D eigenvalue weighted by molar-refractivity contribution is -0.423. The van der Waals surface area contributed by atoms with Crippen molar-refractivity contribution in [1.29, 1.82) is 0 Å². The molecule has 5 aliphatic rings. The summed E-state index contributed by atoms with van der Waals surface area (Å²) in [5.41, 5.74) is 0.244. The smallest absolute Gasteiger partial charge is 0.338 e. The van der Waals surface area contributed by atoms with E-state index < -0.39 is 216 Å². The summed E-state index contributed by atoms with van der Waals surface area (Å²) in [5.74, 6) is -8.48. The summed E-state index contributed by atoms with van der Waals surface area (Å²) >= 11 is 0. The van der Waals surface area contributed by atoms with Gasteiger partial charge in [0.2, 0.25) is 5.79 Å². The quantitative estimate of drug-likeness (QED) is 0.0296. The Morgan fingerprint density at radius 3 is 1.56 bits per heavy atom. The molecular weight excluding hydrogens is 1140 g/mol. The molecule has 24 atom stereocenters. The molecule has 32 heteroatoms. The number of hydrogen-bond acceptors (Lipinski definition) is 32. The molecule has 0 amide bonds. The van der Waals surface area contributed by atoms with E-state index in [1.165, 1.54) is 54.6 Å². The second-order valence-electron chi connectivity index (χ2n) is 19.9. The van der Waals surface area contributed by atoms with Crippen LogP contribution in [0.15, 0.2) is 60.7 Å². The third-order valence-corrected chi connectivity index (χ3v) is 13.9. The minimum atomic E-state index is -2.95. The number of aromatic hydroxyl groups is 1. The molecule has 84 heavy (non-hydrogen) atoms. The normalized spacial score (nSPS) is 38.8. The minimum Gasteiger partial charge on any atom is -0.508 e. The summed E-state index contributed by atoms with van der Waals surface area (Å²) in [6.07, 6.45) is -46.2. The monoisotopic (exact) mass is 1200 g/mol. The van der Waals surface area contributed by atoms with Gasteiger partial charge in [0.15, 0.2) is 37.4 Å². The molecule has 0 aromatic heterocycles. The Balaban J connectivity index is 1.38. The number of hydrogen-bond donors (Lipinski definition) is 13. The van der Waals surface area contributed by atoms with Gasteiger partial charge < -0.3 is 133 Å². The van der Waals surface area contributed by atoms with Crippen LogP contribution in [-0.4, -0.2) is 283 Å². The van der Waals surface area contributed by atoms with E-state index >= 15 is 0 Å². The lowest BCUT2D eigenvalue weighted by atomic mass is 9.95. The first-order chi connectivity index (χ1) is 39.9. The molecule has 0 spiro atoms. The van der Waals surface area contributed by atoms with Gasteiger partial charge in [0, 0.05) is 26.8 Å². The Labute approximate surface area is 476 Å². The van der Waals surface area contributed by atoms with E-state index in [-0.39, 0.29) is 11.3 Å². The number of aliphatic hydroxyl groups excluding tert-OH is 12. The van der Waals surface area contributed by atoms with Gasteiger partial charge in [-0.3, -0.25) is 14.4 Å². The number of ether oxygens (including phenoxy) is 14. The van der Waals surface area contributed by atoms with E-state index in [0.29, 0.717) is 5.56 Å². The largest absolute Gasteiger partial charge is 0.508 e. The van der Waals surface area contributed by atoms with Gasteiger partial charge in [0.25, 0.3) is 0 Å². The summed E-state index contributed by atoms with van der Waals surface area (Å²) in [6, 6.07) is 12.6. The Morgan fingerprint density at radius 2 is 1.01 bits per heavy atom. The van der Waals surface area contributed by atoms with E-state index in [9.17, 15) is 90.4 Å². The highest BCUT2D eigenvalue weighted by Crippen LogP contribution is 2.42. The lowest BCUT2D eigenvalue weighted by Crippen LogP contribution is -2.69. The van der Waals surface area contributed by atoms with E-state index in [1.54, 1.807) is 6.07 Å². The average molecular weight is 1210 g/mol. The first-order valence-electron chi connectivity index (χ1n) is 26.1. The second kappa shape index (κ2) is 29.3. The Morgan fingerprint density at radius 1 is 0.500 bits per heavy atom. The fourth-order valence-corrected chi connectivity index (χ4v) is 9.60. The van der Waals surface area contributed by atoms with Crippen LogP contribution < -0.4 is 0 Å². The van der Waals surface area contributed by atoms with E-state index in [1.807, 2.05) is 0 Å². The number of esters is 5. The van der Waals surface area contributed by atoms with Crippen molar-refractivity contribution in [3.05, 3.63) is 71.8 Å². The number of benzene rings is 2. The molecule has 5 heterocycles. The van der Waals surface area contributed by atoms with Gasteiger partial charge in [-0.05, 0) is 35.9 Å². The third kappa shape index (κ3) is 15.5. The fraction of sp³-hybridized carbons (Fsp3) is 0.635. The zero-order valence-electron chi connectivity index (χ0n) is 44.9. The Hall–Kier alpha value is -5.51. The summed E-state index contributed by atoms with van der Waals surface area (Å²) in [4.78, 5) is 65.5. The van der Waals surface area contributed by atoms with Gasteiger partial charge in [-0.25, -0.2) is 9.59 Å². The lowest BCUT2D eigenvalue weighted by Gasteiger charge is -2.51. The number of rotatable bonds is 22. The predicted molar refractivity (Wildman–Crippen MR) is 266 cm³/mol. The molecule has 2 aromatic rings. The SMILES string of the molecule is CC(=O)OC[C@H]1O[C@H](O[C@@H]2[C@@H](O[C@@H]3O[C@H](CO)[C@@H](O)[C@H](O)[C@H]3O)[C@@H](O[C@]3(COC(=O)/C=C/c4ccc(O)cc4)O[C@H](CO)[C@@H](O)[C@@H]3OC(=O)c3ccccc3)O[C@H](COC(C)=O)[C@H]2OC(C)=O)[C@H](O)[C@@H](O[C@H]2O[C@H](CO)[C@@H](O)[C@H](O)[C@H]2O)[C@@H]1O. The second-order valence-corrected chi connectivity index (χ2v) is 19.9. The zero-order valence-corrected chi connectivity index (χ0v) is 44.9. The van der Waals surface area contributed by atoms with Crippen molar-refractivity contribution in [2.75, 3.05) is 39.6 Å². The number of phenolic OH excluding ortho intramolecular Hbond substituents is 1. The van der Waals surface area contributed by atoms with Crippen molar-refractivity contribution in [3.63, 3.8) is 0 Å². The summed E-state index contributed by atoms with van der Waals surface area (Å²) < 4.78 is 82.4. The van der Waals surface area contributed by atoms with Crippen molar-refractivity contribution in [2.24, 2.45) is 0 Å². The minimum absolute atomic E-state index is 0.101. The Kier molecular flexibility index (Phi) is 23.0. The fourth-order valence-electron chi connectivity index (χ4n) is 9.60. The highest BCUT2D eigenvalue weighted by molar-refractivity contribution is 5.89. The highest BCUT2D eigenvalue weighted by atomic mass is 16.8. The first kappa shape index (κ1) is 66.0. The molecule has 7 rings (SSSR count). The molecule has 0 unspecified atom stereocenters. The van der Waals surface area contributed by atoms with Crippen LogP contribution >= 0.6 is 0 Å². The maximum absolute atomic E-state index is 14.0. The van der Waals surface area contributed by atoms with Crippen molar-refractivity contribution < 1.29 is 157 Å². The molecule has 0 saturated carbocycles. The number of aliphatic hydroxyl groups is 12. The summed E-state index contributed by atoms with van der Waals surface area (Å²) in [5, 5.41) is 142.